The summed E-state index contributed by atoms with van der Waals surface area (Å²) in [6, 6.07) is 0. The standard InChI is InChI=1S/C10H13NO3/c1-11-4-3-6-7(9(11)12)5-8(6)10(13)14-2/h3-4,6-8H,5H2,1-2H3. The summed E-state index contributed by atoms with van der Waals surface area (Å²) in [6.45, 7) is 0. The molecule has 0 aromatic rings. The van der Waals surface area contributed by atoms with Crippen molar-refractivity contribution in [1.29, 1.82) is 0 Å². The number of methoxy groups -OCH3 is 1. The van der Waals surface area contributed by atoms with E-state index in [-0.39, 0.29) is 29.6 Å². The van der Waals surface area contributed by atoms with Crippen molar-refractivity contribution in [2.45, 2.75) is 6.42 Å². The third-order valence-electron chi connectivity index (χ3n) is 3.14. The average Bonchev–Trinajstić information content (AvgIpc) is 2.13. The molecule has 0 spiro atoms. The van der Waals surface area contributed by atoms with Crippen molar-refractivity contribution >= 4 is 11.9 Å². The van der Waals surface area contributed by atoms with Gasteiger partial charge in [-0.15, -0.1) is 0 Å². The molecule has 2 aliphatic rings. The number of rotatable bonds is 1. The summed E-state index contributed by atoms with van der Waals surface area (Å²) in [7, 11) is 3.12. The normalized spacial score (nSPS) is 34.9. The molecule has 1 saturated carbocycles. The highest BCUT2D eigenvalue weighted by atomic mass is 16.5. The van der Waals surface area contributed by atoms with Crippen molar-refractivity contribution in [3.8, 4) is 0 Å². The first-order valence-corrected chi connectivity index (χ1v) is 4.68. The number of esters is 1. The third-order valence-corrected chi connectivity index (χ3v) is 3.14. The number of carbonyl (C=O) groups excluding carboxylic acids is 2. The molecule has 0 saturated heterocycles. The highest BCUT2D eigenvalue weighted by Crippen LogP contribution is 2.44. The van der Waals surface area contributed by atoms with Gasteiger partial charge in [-0.3, -0.25) is 9.59 Å². The molecule has 1 aliphatic heterocycles. The van der Waals surface area contributed by atoms with Gasteiger partial charge in [0, 0.05) is 25.1 Å². The second-order valence-corrected chi connectivity index (χ2v) is 3.84. The highest BCUT2D eigenvalue weighted by Gasteiger charge is 2.50. The van der Waals surface area contributed by atoms with Gasteiger partial charge in [-0.05, 0) is 6.42 Å². The molecule has 0 radical (unpaired) electrons. The van der Waals surface area contributed by atoms with Gasteiger partial charge in [-0.25, -0.2) is 0 Å². The number of hydrogen-bond acceptors (Lipinski definition) is 3. The van der Waals surface area contributed by atoms with E-state index in [2.05, 4.69) is 4.74 Å². The van der Waals surface area contributed by atoms with Gasteiger partial charge in [0.2, 0.25) is 5.91 Å². The zero-order valence-electron chi connectivity index (χ0n) is 8.27. The minimum absolute atomic E-state index is 0.00546. The minimum Gasteiger partial charge on any atom is -0.469 e. The quantitative estimate of drug-likeness (QED) is 0.569. The number of nitrogens with zero attached hydrogens (tertiary/aromatic N) is 1. The number of carbonyl (C=O) groups is 2. The van der Waals surface area contributed by atoms with Gasteiger partial charge in [-0.1, -0.05) is 6.08 Å². The molecule has 0 aromatic carbocycles. The van der Waals surface area contributed by atoms with Gasteiger partial charge >= 0.3 is 5.97 Å². The molecule has 14 heavy (non-hydrogen) atoms. The molecule has 4 nitrogen and oxygen atoms in total. The molecule has 1 aliphatic carbocycles. The van der Waals surface area contributed by atoms with E-state index < -0.39 is 0 Å². The zero-order valence-corrected chi connectivity index (χ0v) is 8.27. The lowest BCUT2D eigenvalue weighted by Gasteiger charge is -2.44. The molecule has 2 rings (SSSR count). The van der Waals surface area contributed by atoms with Crippen LogP contribution < -0.4 is 0 Å². The van der Waals surface area contributed by atoms with Crippen LogP contribution in [0.1, 0.15) is 6.42 Å². The van der Waals surface area contributed by atoms with Crippen LogP contribution in [0.15, 0.2) is 12.3 Å². The Kier molecular flexibility index (Phi) is 2.06. The minimum atomic E-state index is -0.201. The van der Waals surface area contributed by atoms with Gasteiger partial charge in [0.05, 0.1) is 13.0 Å². The molecule has 3 atom stereocenters. The van der Waals surface area contributed by atoms with Crippen LogP contribution in [0.5, 0.6) is 0 Å². The maximum absolute atomic E-state index is 11.6. The number of fused-ring (bicyclic) bond motifs is 1. The smallest absolute Gasteiger partial charge is 0.309 e. The van der Waals surface area contributed by atoms with Gasteiger partial charge in [0.1, 0.15) is 0 Å². The van der Waals surface area contributed by atoms with E-state index in [4.69, 9.17) is 0 Å². The summed E-state index contributed by atoms with van der Waals surface area (Å²) in [5.41, 5.74) is 0. The van der Waals surface area contributed by atoms with Crippen LogP contribution in [0.25, 0.3) is 0 Å². The highest BCUT2D eigenvalue weighted by molar-refractivity contribution is 5.86. The lowest BCUT2D eigenvalue weighted by molar-refractivity contribution is -0.158. The summed E-state index contributed by atoms with van der Waals surface area (Å²) in [6.07, 6.45) is 4.29. The Morgan fingerprint density at radius 1 is 1.64 bits per heavy atom. The fourth-order valence-corrected chi connectivity index (χ4v) is 2.17. The number of amides is 1. The SMILES string of the molecule is COC(=O)C1CC2C(=O)N(C)C=CC12. The second kappa shape index (κ2) is 3.12. The molecular formula is C10H13NO3. The van der Waals surface area contributed by atoms with E-state index in [0.717, 1.165) is 0 Å². The average molecular weight is 195 g/mol. The van der Waals surface area contributed by atoms with E-state index in [1.807, 2.05) is 6.08 Å². The third kappa shape index (κ3) is 1.14. The van der Waals surface area contributed by atoms with Crippen LogP contribution >= 0.6 is 0 Å². The molecule has 0 N–H and O–H groups in total. The van der Waals surface area contributed by atoms with E-state index in [1.165, 1.54) is 7.11 Å². The summed E-state index contributed by atoms with van der Waals surface area (Å²) in [5, 5.41) is 0. The molecule has 3 unspecified atom stereocenters. The van der Waals surface area contributed by atoms with Crippen LogP contribution in [-0.2, 0) is 14.3 Å². The van der Waals surface area contributed by atoms with Crippen LogP contribution in [0.3, 0.4) is 0 Å². The van der Waals surface area contributed by atoms with Crippen molar-refractivity contribution in [3.63, 3.8) is 0 Å². The van der Waals surface area contributed by atoms with Crippen molar-refractivity contribution in [3.05, 3.63) is 12.3 Å². The van der Waals surface area contributed by atoms with Gasteiger partial charge in [0.25, 0.3) is 0 Å². The second-order valence-electron chi connectivity index (χ2n) is 3.84. The molecule has 1 heterocycles. The first-order chi connectivity index (χ1) is 6.65. The molecule has 1 fully saturated rings. The Labute approximate surface area is 82.5 Å². The van der Waals surface area contributed by atoms with E-state index in [0.29, 0.717) is 6.42 Å². The Hall–Kier alpha value is -1.32. The van der Waals surface area contributed by atoms with Crippen LogP contribution in [-0.4, -0.2) is 30.9 Å². The van der Waals surface area contributed by atoms with Crippen molar-refractivity contribution in [2.24, 2.45) is 17.8 Å². The molecule has 0 aromatic heterocycles. The lowest BCUT2D eigenvalue weighted by Crippen LogP contribution is -2.50. The Morgan fingerprint density at radius 3 is 3.00 bits per heavy atom. The molecular weight excluding hydrogens is 182 g/mol. The maximum atomic E-state index is 11.6. The first-order valence-electron chi connectivity index (χ1n) is 4.68. The van der Waals surface area contributed by atoms with E-state index in [1.54, 1.807) is 18.1 Å². The molecule has 4 heteroatoms. The fourth-order valence-electron chi connectivity index (χ4n) is 2.17. The maximum Gasteiger partial charge on any atom is 0.309 e. The van der Waals surface area contributed by atoms with E-state index in [9.17, 15) is 9.59 Å². The molecule has 1 amide bonds. The van der Waals surface area contributed by atoms with Crippen molar-refractivity contribution in [1.82, 2.24) is 4.90 Å². The Balaban J connectivity index is 2.11. The number of allylic oxidation sites excluding steroid dienone is 1. The molecule has 76 valence electrons. The van der Waals surface area contributed by atoms with Gasteiger partial charge in [0.15, 0.2) is 0 Å². The molecule has 0 bridgehead atoms. The largest absolute Gasteiger partial charge is 0.469 e. The van der Waals surface area contributed by atoms with Crippen molar-refractivity contribution < 1.29 is 14.3 Å². The predicted octanol–water partition coefficient (Wildman–Crippen LogP) is 0.397. The predicted molar refractivity (Wildman–Crippen MR) is 49.0 cm³/mol. The summed E-state index contributed by atoms with van der Waals surface area (Å²) in [5.74, 6) is -0.148. The van der Waals surface area contributed by atoms with Crippen molar-refractivity contribution in [2.75, 3.05) is 14.2 Å². The summed E-state index contributed by atoms with van der Waals surface area (Å²) in [4.78, 5) is 24.4. The lowest BCUT2D eigenvalue weighted by atomic mass is 9.63. The van der Waals surface area contributed by atoms with E-state index >= 15 is 0 Å². The Bertz CT molecular complexity index is 310. The summed E-state index contributed by atoms with van der Waals surface area (Å²) < 4.78 is 4.67. The monoisotopic (exact) mass is 195 g/mol. The summed E-state index contributed by atoms with van der Waals surface area (Å²) >= 11 is 0. The Morgan fingerprint density at radius 2 is 2.36 bits per heavy atom. The first kappa shape index (κ1) is 9.24. The fraction of sp³-hybridized carbons (Fsp3) is 0.600. The van der Waals surface area contributed by atoms with Gasteiger partial charge in [-0.2, -0.15) is 0 Å². The zero-order chi connectivity index (χ0) is 10.3. The topological polar surface area (TPSA) is 46.6 Å². The number of hydrogen-bond donors (Lipinski definition) is 0. The van der Waals surface area contributed by atoms with Crippen LogP contribution in [0.4, 0.5) is 0 Å². The van der Waals surface area contributed by atoms with Crippen LogP contribution in [0.2, 0.25) is 0 Å². The number of ether oxygens (including phenoxy) is 1. The van der Waals surface area contributed by atoms with Crippen LogP contribution in [0, 0.1) is 17.8 Å². The van der Waals surface area contributed by atoms with Gasteiger partial charge < -0.3 is 9.64 Å².